The third kappa shape index (κ3) is 4.59. The minimum absolute atomic E-state index is 0.249. The molecule has 1 aromatic carbocycles. The van der Waals surface area contributed by atoms with E-state index in [1.807, 2.05) is 0 Å². The largest absolute Gasteiger partial charge is 0.486 e. The average Bonchev–Trinajstić information content (AvgIpc) is 2.45. The first-order valence-corrected chi connectivity index (χ1v) is 7.92. The van der Waals surface area contributed by atoms with Crippen LogP contribution in [0.2, 0.25) is 0 Å². The van der Waals surface area contributed by atoms with Crippen LogP contribution in [-0.4, -0.2) is 40.6 Å². The summed E-state index contributed by atoms with van der Waals surface area (Å²) in [5.41, 5.74) is 0.506. The zero-order valence-electron chi connectivity index (χ0n) is 11.5. The van der Waals surface area contributed by atoms with Gasteiger partial charge in [-0.2, -0.15) is 13.1 Å². The van der Waals surface area contributed by atoms with Gasteiger partial charge in [0.1, 0.15) is 13.2 Å². The fraction of sp³-hybridized carbons (Fsp3) is 0.417. The summed E-state index contributed by atoms with van der Waals surface area (Å²) in [6.07, 6.45) is 0. The second-order valence-corrected chi connectivity index (χ2v) is 5.81. The van der Waals surface area contributed by atoms with Crippen molar-refractivity contribution in [3.8, 4) is 11.5 Å². The van der Waals surface area contributed by atoms with Gasteiger partial charge in [-0.05, 0) is 12.1 Å². The van der Waals surface area contributed by atoms with E-state index in [4.69, 9.17) is 9.47 Å². The van der Waals surface area contributed by atoms with Crippen LogP contribution in [0.25, 0.3) is 0 Å². The van der Waals surface area contributed by atoms with Crippen molar-refractivity contribution < 1.29 is 22.7 Å². The van der Waals surface area contributed by atoms with Gasteiger partial charge in [0.15, 0.2) is 11.5 Å². The van der Waals surface area contributed by atoms with E-state index in [0.29, 0.717) is 30.4 Å². The molecular weight excluding hydrogens is 298 g/mol. The van der Waals surface area contributed by atoms with Gasteiger partial charge < -0.3 is 14.8 Å². The number of carbonyl (C=O) groups excluding carboxylic acids is 1. The summed E-state index contributed by atoms with van der Waals surface area (Å²) in [5.74, 6) is 0.688. The molecule has 0 atom stereocenters. The fourth-order valence-corrected chi connectivity index (χ4v) is 2.53. The number of hydrogen-bond donors (Lipinski definition) is 3. The predicted molar refractivity (Wildman–Crippen MR) is 76.7 cm³/mol. The smallest absolute Gasteiger partial charge is 0.277 e. The molecule has 1 aliphatic rings. The van der Waals surface area contributed by atoms with Crippen LogP contribution < -0.4 is 24.2 Å². The molecule has 0 aromatic heterocycles. The quantitative estimate of drug-likeness (QED) is 0.676. The average molecular weight is 315 g/mol. The molecule has 21 heavy (non-hydrogen) atoms. The molecule has 116 valence electrons. The van der Waals surface area contributed by atoms with E-state index in [-0.39, 0.29) is 13.1 Å². The lowest BCUT2D eigenvalue weighted by Crippen LogP contribution is -2.40. The third-order valence-corrected chi connectivity index (χ3v) is 3.78. The first-order valence-electron chi connectivity index (χ1n) is 6.44. The lowest BCUT2D eigenvalue weighted by Gasteiger charge is -2.19. The van der Waals surface area contributed by atoms with Crippen LogP contribution in [0.3, 0.4) is 0 Å². The molecule has 1 heterocycles. The number of fused-ring (bicyclic) bond motifs is 1. The van der Waals surface area contributed by atoms with E-state index in [0.717, 1.165) is 0 Å². The zero-order chi connectivity index (χ0) is 15.3. The highest BCUT2D eigenvalue weighted by molar-refractivity contribution is 7.87. The lowest BCUT2D eigenvalue weighted by molar-refractivity contribution is -0.115. The van der Waals surface area contributed by atoms with Crippen LogP contribution in [0, 0.1) is 0 Å². The van der Waals surface area contributed by atoms with Crippen LogP contribution in [0.4, 0.5) is 5.69 Å². The highest BCUT2D eigenvalue weighted by Crippen LogP contribution is 2.32. The number of nitrogens with one attached hydrogen (secondary N) is 3. The maximum atomic E-state index is 11.7. The Labute approximate surface area is 123 Å². The van der Waals surface area contributed by atoms with Crippen molar-refractivity contribution in [2.24, 2.45) is 0 Å². The molecule has 0 radical (unpaired) electrons. The van der Waals surface area contributed by atoms with E-state index in [9.17, 15) is 13.2 Å². The van der Waals surface area contributed by atoms with Crippen LogP contribution in [0.1, 0.15) is 6.92 Å². The summed E-state index contributed by atoms with van der Waals surface area (Å²) in [7, 11) is -3.64. The molecule has 0 spiro atoms. The van der Waals surface area contributed by atoms with Crippen molar-refractivity contribution in [2.45, 2.75) is 6.92 Å². The van der Waals surface area contributed by atoms with Crippen molar-refractivity contribution in [1.82, 2.24) is 9.44 Å². The number of hydrogen-bond acceptors (Lipinski definition) is 5. The summed E-state index contributed by atoms with van der Waals surface area (Å²) in [4.78, 5) is 11.7. The van der Waals surface area contributed by atoms with E-state index in [1.165, 1.54) is 0 Å². The normalized spacial score (nSPS) is 13.8. The summed E-state index contributed by atoms with van der Waals surface area (Å²) in [6.45, 7) is 2.48. The maximum absolute atomic E-state index is 11.7. The van der Waals surface area contributed by atoms with E-state index in [1.54, 1.807) is 25.1 Å². The Kier molecular flexibility index (Phi) is 4.99. The molecule has 0 aliphatic carbocycles. The first kappa shape index (κ1) is 15.5. The SMILES string of the molecule is CCNS(=O)(=O)NCC(=O)Nc1ccc2c(c1)OCCO2. The Morgan fingerprint density at radius 1 is 1.19 bits per heavy atom. The minimum Gasteiger partial charge on any atom is -0.486 e. The Bertz CT molecular complexity index is 617. The molecule has 0 unspecified atom stereocenters. The molecule has 3 N–H and O–H groups in total. The number of amides is 1. The molecule has 0 saturated heterocycles. The fourth-order valence-electron chi connectivity index (χ4n) is 1.73. The van der Waals surface area contributed by atoms with Gasteiger partial charge in [-0.15, -0.1) is 0 Å². The van der Waals surface area contributed by atoms with Crippen LogP contribution in [0.15, 0.2) is 18.2 Å². The molecule has 0 bridgehead atoms. The van der Waals surface area contributed by atoms with Crippen molar-refractivity contribution in [1.29, 1.82) is 0 Å². The first-order chi connectivity index (χ1) is 10.00. The monoisotopic (exact) mass is 315 g/mol. The van der Waals surface area contributed by atoms with Gasteiger partial charge in [-0.25, -0.2) is 4.72 Å². The summed E-state index contributed by atoms with van der Waals surface area (Å²) in [6, 6.07) is 4.97. The molecule has 0 fully saturated rings. The maximum Gasteiger partial charge on any atom is 0.277 e. The van der Waals surface area contributed by atoms with E-state index >= 15 is 0 Å². The molecule has 1 amide bonds. The molecule has 8 nitrogen and oxygen atoms in total. The van der Waals surface area contributed by atoms with Crippen molar-refractivity contribution in [2.75, 3.05) is 31.6 Å². The zero-order valence-corrected chi connectivity index (χ0v) is 12.3. The molecule has 9 heteroatoms. The Morgan fingerprint density at radius 3 is 2.62 bits per heavy atom. The van der Waals surface area contributed by atoms with Crippen molar-refractivity contribution in [3.05, 3.63) is 18.2 Å². The van der Waals surface area contributed by atoms with Gasteiger partial charge in [0.05, 0.1) is 6.54 Å². The van der Waals surface area contributed by atoms with Crippen LogP contribution in [0.5, 0.6) is 11.5 Å². The lowest BCUT2D eigenvalue weighted by atomic mass is 10.2. The molecular formula is C12H17N3O5S. The summed E-state index contributed by atoms with van der Waals surface area (Å²) < 4.78 is 37.8. The highest BCUT2D eigenvalue weighted by Gasteiger charge is 2.14. The molecule has 1 aromatic rings. The summed E-state index contributed by atoms with van der Waals surface area (Å²) in [5, 5.41) is 2.58. The van der Waals surface area contributed by atoms with Gasteiger partial charge in [-0.3, -0.25) is 4.79 Å². The van der Waals surface area contributed by atoms with Gasteiger partial charge in [0.25, 0.3) is 10.2 Å². The third-order valence-electron chi connectivity index (χ3n) is 2.58. The van der Waals surface area contributed by atoms with Gasteiger partial charge in [0, 0.05) is 18.3 Å². The number of anilines is 1. The Morgan fingerprint density at radius 2 is 1.90 bits per heavy atom. The molecule has 2 rings (SSSR count). The second kappa shape index (κ2) is 6.74. The molecule has 0 saturated carbocycles. The number of ether oxygens (including phenoxy) is 2. The van der Waals surface area contributed by atoms with Crippen molar-refractivity contribution >= 4 is 21.8 Å². The summed E-state index contributed by atoms with van der Waals surface area (Å²) >= 11 is 0. The van der Waals surface area contributed by atoms with Gasteiger partial charge in [-0.1, -0.05) is 6.92 Å². The second-order valence-electron chi connectivity index (χ2n) is 4.23. The Hall–Kier alpha value is -1.84. The number of rotatable bonds is 6. The number of benzene rings is 1. The van der Waals surface area contributed by atoms with Crippen LogP contribution in [-0.2, 0) is 15.0 Å². The Balaban J connectivity index is 1.91. The standard InChI is InChI=1S/C12H17N3O5S/c1-2-13-21(17,18)14-8-12(16)15-9-3-4-10-11(7-9)20-6-5-19-10/h3-4,7,13-14H,2,5-6,8H2,1H3,(H,15,16). The van der Waals surface area contributed by atoms with Crippen LogP contribution >= 0.6 is 0 Å². The van der Waals surface area contributed by atoms with Gasteiger partial charge in [0.2, 0.25) is 5.91 Å². The minimum atomic E-state index is -3.64. The van der Waals surface area contributed by atoms with Gasteiger partial charge >= 0.3 is 0 Å². The predicted octanol–water partition coefficient (Wildman–Crippen LogP) is -0.160. The highest BCUT2D eigenvalue weighted by atomic mass is 32.2. The number of carbonyl (C=O) groups is 1. The van der Waals surface area contributed by atoms with E-state index < -0.39 is 16.1 Å². The van der Waals surface area contributed by atoms with E-state index in [2.05, 4.69) is 14.8 Å². The molecule has 1 aliphatic heterocycles. The topological polar surface area (TPSA) is 106 Å². The van der Waals surface area contributed by atoms with Crippen molar-refractivity contribution in [3.63, 3.8) is 0 Å².